The van der Waals surface area contributed by atoms with Crippen molar-refractivity contribution in [3.63, 3.8) is 0 Å². The van der Waals surface area contributed by atoms with Gasteiger partial charge in [0.25, 0.3) is 0 Å². The van der Waals surface area contributed by atoms with Crippen LogP contribution in [-0.2, 0) is 4.74 Å². The minimum Gasteiger partial charge on any atom is -0.465 e. The van der Waals surface area contributed by atoms with Crippen molar-refractivity contribution in [1.29, 1.82) is 0 Å². The Hall–Kier alpha value is -1.77. The first-order valence-corrected chi connectivity index (χ1v) is 6.81. The molecule has 1 aromatic carbocycles. The number of hydrogen-bond acceptors (Lipinski definition) is 3. The molecule has 102 valence electrons. The average Bonchev–Trinajstić information content (AvgIpc) is 3.20. The van der Waals surface area contributed by atoms with E-state index < -0.39 is 0 Å². The molecule has 0 N–H and O–H groups in total. The van der Waals surface area contributed by atoms with Crippen LogP contribution in [0.15, 0.2) is 22.6 Å². The van der Waals surface area contributed by atoms with Gasteiger partial charge in [0, 0.05) is 11.3 Å². The van der Waals surface area contributed by atoms with Gasteiger partial charge in [-0.15, -0.1) is 0 Å². The second-order valence-corrected chi connectivity index (χ2v) is 4.63. The van der Waals surface area contributed by atoms with E-state index in [9.17, 15) is 4.79 Å². The number of aryl methyl sites for hydroxylation is 1. The molecule has 0 unspecified atom stereocenters. The second-order valence-electron chi connectivity index (χ2n) is 4.63. The highest BCUT2D eigenvalue weighted by Crippen LogP contribution is 2.42. The van der Waals surface area contributed by atoms with Gasteiger partial charge in [0.05, 0.1) is 12.7 Å². The minimum atomic E-state index is -0.302. The van der Waals surface area contributed by atoms with Gasteiger partial charge in [0.1, 0.15) is 11.3 Å². The Morgan fingerprint density at radius 3 is 2.53 bits per heavy atom. The fourth-order valence-electron chi connectivity index (χ4n) is 2.15. The van der Waals surface area contributed by atoms with E-state index in [1.165, 1.54) is 20.0 Å². The van der Waals surface area contributed by atoms with Crippen LogP contribution < -0.4 is 0 Å². The summed E-state index contributed by atoms with van der Waals surface area (Å²) in [5.41, 5.74) is 2.45. The molecule has 19 heavy (non-hydrogen) atoms. The predicted molar refractivity (Wildman–Crippen MR) is 75.6 cm³/mol. The first-order valence-electron chi connectivity index (χ1n) is 6.81. The summed E-state index contributed by atoms with van der Waals surface area (Å²) in [5.74, 6) is 1.33. The van der Waals surface area contributed by atoms with Crippen molar-refractivity contribution in [2.24, 2.45) is 0 Å². The molecular formula is C16H20O3. The highest BCUT2D eigenvalue weighted by Gasteiger charge is 2.27. The maximum absolute atomic E-state index is 11.5. The molecule has 0 saturated heterocycles. The summed E-state index contributed by atoms with van der Waals surface area (Å²) < 4.78 is 10.6. The average molecular weight is 260 g/mol. The number of rotatable bonds is 2. The van der Waals surface area contributed by atoms with E-state index in [0.29, 0.717) is 11.5 Å². The number of methoxy groups -OCH3 is 1. The first-order chi connectivity index (χ1) is 9.19. The highest BCUT2D eigenvalue weighted by atomic mass is 16.5. The summed E-state index contributed by atoms with van der Waals surface area (Å²) >= 11 is 0. The van der Waals surface area contributed by atoms with Crippen LogP contribution >= 0.6 is 0 Å². The number of carbonyl (C=O) groups is 1. The van der Waals surface area contributed by atoms with Crippen LogP contribution in [0.25, 0.3) is 11.0 Å². The molecule has 3 heteroatoms. The molecular weight excluding hydrogens is 240 g/mol. The zero-order valence-electron chi connectivity index (χ0n) is 11.9. The van der Waals surface area contributed by atoms with Gasteiger partial charge in [-0.3, -0.25) is 0 Å². The molecule has 1 heterocycles. The predicted octanol–water partition coefficient (Wildman–Crippen LogP) is 4.43. The van der Waals surface area contributed by atoms with Crippen LogP contribution in [-0.4, -0.2) is 13.1 Å². The molecule has 1 aromatic heterocycles. The fraction of sp³-hybridized carbons (Fsp3) is 0.438. The Morgan fingerprint density at radius 2 is 1.95 bits per heavy atom. The van der Waals surface area contributed by atoms with Crippen molar-refractivity contribution < 1.29 is 13.9 Å². The van der Waals surface area contributed by atoms with Crippen molar-refractivity contribution in [1.82, 2.24) is 0 Å². The van der Waals surface area contributed by atoms with E-state index >= 15 is 0 Å². The molecule has 1 aliphatic carbocycles. The van der Waals surface area contributed by atoms with Gasteiger partial charge in [0.15, 0.2) is 0 Å². The smallest absolute Gasteiger partial charge is 0.337 e. The van der Waals surface area contributed by atoms with Crippen molar-refractivity contribution in [2.45, 2.75) is 39.5 Å². The summed E-state index contributed by atoms with van der Waals surface area (Å²) in [6.07, 6.45) is 2.42. The number of hydrogen-bond donors (Lipinski definition) is 0. The Kier molecular flexibility index (Phi) is 3.93. The molecule has 1 saturated carbocycles. The number of fused-ring (bicyclic) bond motifs is 1. The molecule has 0 spiro atoms. The van der Waals surface area contributed by atoms with Crippen LogP contribution in [0.1, 0.15) is 54.3 Å². The van der Waals surface area contributed by atoms with E-state index in [1.807, 2.05) is 39.0 Å². The van der Waals surface area contributed by atoms with E-state index in [2.05, 4.69) is 0 Å². The van der Waals surface area contributed by atoms with E-state index in [-0.39, 0.29) is 5.97 Å². The minimum absolute atomic E-state index is 0.302. The van der Waals surface area contributed by atoms with Crippen LogP contribution in [0.2, 0.25) is 0 Å². The quantitative estimate of drug-likeness (QED) is 0.750. The Morgan fingerprint density at radius 1 is 1.26 bits per heavy atom. The van der Waals surface area contributed by atoms with Gasteiger partial charge in [-0.2, -0.15) is 0 Å². The van der Waals surface area contributed by atoms with Gasteiger partial charge >= 0.3 is 5.97 Å². The lowest BCUT2D eigenvalue weighted by Gasteiger charge is -2.01. The fourth-order valence-corrected chi connectivity index (χ4v) is 2.15. The standard InChI is InChI=1S/C14H14O3.C2H6/c1-8-5-11(14(15)16-2)6-10-7-12(9-3-4-9)17-13(8)10;1-2/h5-7,9H,3-4H2,1-2H3;1-2H3. The molecule has 3 nitrogen and oxygen atoms in total. The van der Waals surface area contributed by atoms with Crippen molar-refractivity contribution in [3.8, 4) is 0 Å². The molecule has 3 rings (SSSR count). The zero-order valence-corrected chi connectivity index (χ0v) is 11.9. The lowest BCUT2D eigenvalue weighted by molar-refractivity contribution is 0.0601. The Balaban J connectivity index is 0.000000637. The van der Waals surface area contributed by atoms with E-state index in [1.54, 1.807) is 0 Å². The Labute approximate surface area is 113 Å². The van der Waals surface area contributed by atoms with E-state index in [4.69, 9.17) is 9.15 Å². The topological polar surface area (TPSA) is 39.4 Å². The third-order valence-corrected chi connectivity index (χ3v) is 3.22. The monoisotopic (exact) mass is 260 g/mol. The first kappa shape index (κ1) is 13.7. The molecule has 0 aliphatic heterocycles. The molecule has 0 amide bonds. The summed E-state index contributed by atoms with van der Waals surface area (Å²) in [6, 6.07) is 5.70. The molecule has 0 bridgehead atoms. The van der Waals surface area contributed by atoms with Crippen molar-refractivity contribution >= 4 is 16.9 Å². The van der Waals surface area contributed by atoms with Crippen molar-refractivity contribution in [3.05, 3.63) is 35.1 Å². The molecule has 1 fully saturated rings. The number of benzene rings is 1. The summed E-state index contributed by atoms with van der Waals surface area (Å²) in [4.78, 5) is 11.5. The van der Waals surface area contributed by atoms with Crippen LogP contribution in [0.4, 0.5) is 0 Å². The summed E-state index contributed by atoms with van der Waals surface area (Å²) in [7, 11) is 1.40. The lowest BCUT2D eigenvalue weighted by atomic mass is 10.1. The summed E-state index contributed by atoms with van der Waals surface area (Å²) in [6.45, 7) is 5.95. The number of carbonyl (C=O) groups excluding carboxylic acids is 1. The van der Waals surface area contributed by atoms with E-state index in [0.717, 1.165) is 22.3 Å². The number of furan rings is 1. The van der Waals surface area contributed by atoms with Crippen LogP contribution in [0, 0.1) is 6.92 Å². The normalized spacial score (nSPS) is 13.9. The van der Waals surface area contributed by atoms with Gasteiger partial charge in [-0.1, -0.05) is 13.8 Å². The molecule has 1 aliphatic rings. The largest absolute Gasteiger partial charge is 0.465 e. The number of esters is 1. The zero-order chi connectivity index (χ0) is 14.0. The maximum atomic E-state index is 11.5. The maximum Gasteiger partial charge on any atom is 0.337 e. The van der Waals surface area contributed by atoms with Gasteiger partial charge in [0.2, 0.25) is 0 Å². The van der Waals surface area contributed by atoms with Gasteiger partial charge in [-0.05, 0) is 43.5 Å². The van der Waals surface area contributed by atoms with Gasteiger partial charge in [-0.25, -0.2) is 4.79 Å². The molecule has 0 radical (unpaired) electrons. The Bertz CT molecular complexity index is 591. The van der Waals surface area contributed by atoms with Gasteiger partial charge < -0.3 is 9.15 Å². The summed E-state index contributed by atoms with van der Waals surface area (Å²) in [5, 5.41) is 0.993. The molecule has 0 atom stereocenters. The third kappa shape index (κ3) is 2.65. The lowest BCUT2D eigenvalue weighted by Crippen LogP contribution is -2.01. The second kappa shape index (κ2) is 5.47. The molecule has 2 aromatic rings. The van der Waals surface area contributed by atoms with Crippen LogP contribution in [0.5, 0.6) is 0 Å². The highest BCUT2D eigenvalue weighted by molar-refractivity contribution is 5.95. The van der Waals surface area contributed by atoms with Crippen molar-refractivity contribution in [2.75, 3.05) is 7.11 Å². The van der Waals surface area contributed by atoms with Crippen LogP contribution in [0.3, 0.4) is 0 Å². The third-order valence-electron chi connectivity index (χ3n) is 3.22. The number of ether oxygens (including phenoxy) is 1. The SMILES string of the molecule is CC.COC(=O)c1cc(C)c2oc(C3CC3)cc2c1.